The van der Waals surface area contributed by atoms with E-state index in [0.29, 0.717) is 0 Å². The molecule has 0 saturated heterocycles. The van der Waals surface area contributed by atoms with Crippen LogP contribution in [0, 0.1) is 0 Å². The first-order valence-corrected chi connectivity index (χ1v) is 27.8. The summed E-state index contributed by atoms with van der Waals surface area (Å²) < 4.78 is 2.70. The van der Waals surface area contributed by atoms with E-state index >= 15 is 0 Å². The van der Waals surface area contributed by atoms with Gasteiger partial charge < -0.3 is 0 Å². The summed E-state index contributed by atoms with van der Waals surface area (Å²) in [7, 11) is 0. The zero-order chi connectivity index (χ0) is 41.5. The predicted molar refractivity (Wildman–Crippen MR) is 263 cm³/mol. The van der Waals surface area contributed by atoms with Crippen LogP contribution in [-0.2, 0) is 19.4 Å². The normalized spacial score (nSPS) is 11.6. The Labute approximate surface area is 368 Å². The van der Waals surface area contributed by atoms with Gasteiger partial charge in [0.05, 0.1) is 0 Å². The number of pyridine rings is 1. The average molecular weight is 810 g/mol. The van der Waals surface area contributed by atoms with E-state index in [2.05, 4.69) is 43.7 Å². The lowest BCUT2D eigenvalue weighted by Crippen LogP contribution is -2.39. The van der Waals surface area contributed by atoms with Crippen LogP contribution < -0.4 is 4.57 Å². The van der Waals surface area contributed by atoms with Crippen molar-refractivity contribution in [3.63, 3.8) is 0 Å². The molecule has 0 N–H and O–H groups in total. The van der Waals surface area contributed by atoms with Gasteiger partial charge in [-0.3, -0.25) is 0 Å². The van der Waals surface area contributed by atoms with Crippen LogP contribution in [0.1, 0.15) is 327 Å². The molecule has 342 valence electrons. The topological polar surface area (TPSA) is 3.88 Å². The Hall–Kier alpha value is -0.850. The minimum absolute atomic E-state index is 1.24. The lowest BCUT2D eigenvalue weighted by atomic mass is 9.99. The molecule has 0 saturated carbocycles. The Balaban J connectivity index is 2.31. The van der Waals surface area contributed by atoms with Crippen LogP contribution in [0.3, 0.4) is 0 Å². The first kappa shape index (κ1) is 55.2. The highest BCUT2D eigenvalue weighted by molar-refractivity contribution is 5.16. The molecule has 0 aliphatic rings. The van der Waals surface area contributed by atoms with E-state index in [1.54, 1.807) is 11.3 Å². The lowest BCUT2D eigenvalue weighted by Gasteiger charge is -2.11. The largest absolute Gasteiger partial charge is 0.202 e. The van der Waals surface area contributed by atoms with Crippen LogP contribution in [0.25, 0.3) is 0 Å². The van der Waals surface area contributed by atoms with Crippen LogP contribution >= 0.6 is 0 Å². The van der Waals surface area contributed by atoms with Crippen molar-refractivity contribution in [2.75, 3.05) is 0 Å². The number of unbranched alkanes of at least 4 members (excludes halogenated alkanes) is 43. The van der Waals surface area contributed by atoms with Gasteiger partial charge in [-0.25, -0.2) is 4.57 Å². The molecule has 58 heavy (non-hydrogen) atoms. The summed E-state index contributed by atoms with van der Waals surface area (Å²) in [6.45, 7) is 8.19. The molecule has 1 aromatic rings. The van der Waals surface area contributed by atoms with Gasteiger partial charge in [0.1, 0.15) is 6.54 Å². The third kappa shape index (κ3) is 38.1. The predicted octanol–water partition coefficient (Wildman–Crippen LogP) is 20.1. The first-order chi connectivity index (χ1) is 28.8. The second-order valence-electron chi connectivity index (χ2n) is 19.4. The van der Waals surface area contributed by atoms with Crippen molar-refractivity contribution in [1.29, 1.82) is 0 Å². The Morgan fingerprint density at radius 3 is 0.810 bits per heavy atom. The SMILES string of the molecule is CCCCCCCCCCCCCCCCCC[n+]1cccc(CCCCCCCCCCCCCCCCC)c1CCCCCCCCCCCCCCCCC. The van der Waals surface area contributed by atoms with Gasteiger partial charge in [0, 0.05) is 24.5 Å². The van der Waals surface area contributed by atoms with Crippen LogP contribution in [0.2, 0.25) is 0 Å². The van der Waals surface area contributed by atoms with E-state index < -0.39 is 0 Å². The highest BCUT2D eigenvalue weighted by Gasteiger charge is 2.15. The minimum Gasteiger partial charge on any atom is -0.202 e. The second kappa shape index (κ2) is 47.2. The molecular formula is C57H110N+. The Kier molecular flexibility index (Phi) is 44.9. The van der Waals surface area contributed by atoms with Crippen molar-refractivity contribution in [3.8, 4) is 0 Å². The third-order valence-corrected chi connectivity index (χ3v) is 13.6. The fourth-order valence-corrected chi connectivity index (χ4v) is 9.56. The summed E-state index contributed by atoms with van der Waals surface area (Å²) in [5.74, 6) is 0. The number of nitrogens with zero attached hydrogens (tertiary/aromatic N) is 1. The number of hydrogen-bond acceptors (Lipinski definition) is 0. The summed E-state index contributed by atoms with van der Waals surface area (Å²) in [5.41, 5.74) is 3.38. The fraction of sp³-hybridized carbons (Fsp3) is 0.912. The Morgan fingerprint density at radius 2 is 0.517 bits per heavy atom. The number of aryl methyl sites for hydroxylation is 2. The summed E-state index contributed by atoms with van der Waals surface area (Å²) in [4.78, 5) is 0. The minimum atomic E-state index is 1.24. The maximum absolute atomic E-state index is 2.70. The van der Waals surface area contributed by atoms with Crippen LogP contribution in [0.4, 0.5) is 0 Å². The van der Waals surface area contributed by atoms with E-state index in [4.69, 9.17) is 0 Å². The van der Waals surface area contributed by atoms with Gasteiger partial charge >= 0.3 is 0 Å². The molecule has 0 amide bonds. The van der Waals surface area contributed by atoms with Crippen LogP contribution in [0.15, 0.2) is 18.3 Å². The molecule has 0 atom stereocenters. The molecule has 0 fully saturated rings. The van der Waals surface area contributed by atoms with E-state index in [9.17, 15) is 0 Å². The summed E-state index contributed by atoms with van der Waals surface area (Å²) >= 11 is 0. The molecule has 0 radical (unpaired) electrons. The van der Waals surface area contributed by atoms with Gasteiger partial charge in [-0.2, -0.15) is 0 Å². The summed E-state index contributed by atoms with van der Waals surface area (Å²) in [6.07, 6.45) is 71.7. The summed E-state index contributed by atoms with van der Waals surface area (Å²) in [6, 6.07) is 4.87. The van der Waals surface area contributed by atoms with E-state index in [-0.39, 0.29) is 0 Å². The van der Waals surface area contributed by atoms with E-state index in [0.717, 1.165) is 0 Å². The molecule has 0 aromatic carbocycles. The van der Waals surface area contributed by atoms with E-state index in [1.807, 2.05) is 0 Å². The quantitative estimate of drug-likeness (QED) is 0.0456. The van der Waals surface area contributed by atoms with Gasteiger partial charge in [0.2, 0.25) is 0 Å². The first-order valence-electron chi connectivity index (χ1n) is 27.8. The van der Waals surface area contributed by atoms with Gasteiger partial charge in [-0.05, 0) is 31.7 Å². The summed E-state index contributed by atoms with van der Waals surface area (Å²) in [5, 5.41) is 0. The molecule has 1 rings (SSSR count). The van der Waals surface area contributed by atoms with Gasteiger partial charge in [-0.15, -0.1) is 0 Å². The van der Waals surface area contributed by atoms with Gasteiger partial charge in [-0.1, -0.05) is 290 Å². The highest BCUT2D eigenvalue weighted by atomic mass is 15.0. The van der Waals surface area contributed by atoms with Crippen LogP contribution in [0.5, 0.6) is 0 Å². The van der Waals surface area contributed by atoms with Crippen molar-refractivity contribution in [2.45, 2.75) is 336 Å². The van der Waals surface area contributed by atoms with Gasteiger partial charge in [0.15, 0.2) is 11.9 Å². The molecule has 0 spiro atoms. The Bertz CT molecular complexity index is 905. The van der Waals surface area contributed by atoms with Crippen molar-refractivity contribution in [2.24, 2.45) is 0 Å². The fourth-order valence-electron chi connectivity index (χ4n) is 9.56. The lowest BCUT2D eigenvalue weighted by molar-refractivity contribution is -0.705. The standard InChI is InChI=1S/C57H110N/c1-4-7-10-13-16-19-22-25-28-31-34-37-40-43-46-49-54-58-55-50-52-56(51-47-44-41-38-35-32-29-26-23-20-17-14-11-8-5-2)57(58)53-48-45-42-39-36-33-30-27-24-21-18-15-12-9-6-3/h50,52,55H,4-49,51,53-54H2,1-3H3/q+1. The second-order valence-corrected chi connectivity index (χ2v) is 19.4. The van der Waals surface area contributed by atoms with Crippen molar-refractivity contribution in [1.82, 2.24) is 0 Å². The maximum Gasteiger partial charge on any atom is 0.184 e. The highest BCUT2D eigenvalue weighted by Crippen LogP contribution is 2.19. The molecule has 1 aromatic heterocycles. The van der Waals surface area contributed by atoms with E-state index in [1.165, 1.54) is 315 Å². The monoisotopic (exact) mass is 809 g/mol. The molecule has 1 heterocycles. The number of hydrogen-bond donors (Lipinski definition) is 0. The van der Waals surface area contributed by atoms with Gasteiger partial charge in [0.25, 0.3) is 0 Å². The maximum atomic E-state index is 2.70. The zero-order valence-electron chi connectivity index (χ0n) is 40.8. The molecular weight excluding hydrogens is 699 g/mol. The number of aromatic nitrogens is 1. The average Bonchev–Trinajstić information content (AvgIpc) is 3.24. The molecule has 0 unspecified atom stereocenters. The molecule has 0 aliphatic heterocycles. The molecule has 0 aliphatic carbocycles. The van der Waals surface area contributed by atoms with Crippen molar-refractivity contribution >= 4 is 0 Å². The zero-order valence-corrected chi connectivity index (χ0v) is 40.8. The van der Waals surface area contributed by atoms with Crippen molar-refractivity contribution < 1.29 is 4.57 Å². The number of rotatable bonds is 49. The molecule has 1 nitrogen and oxygen atoms in total. The van der Waals surface area contributed by atoms with Crippen molar-refractivity contribution in [3.05, 3.63) is 29.6 Å². The molecule has 0 bridgehead atoms. The third-order valence-electron chi connectivity index (χ3n) is 13.6. The van der Waals surface area contributed by atoms with Crippen LogP contribution in [-0.4, -0.2) is 0 Å². The molecule has 1 heteroatoms. The smallest absolute Gasteiger partial charge is 0.184 e. The Morgan fingerprint density at radius 1 is 0.276 bits per heavy atom.